The minimum absolute atomic E-state index is 0.00154. The molecule has 1 rings (SSSR count). The Morgan fingerprint density at radius 3 is 2.33 bits per heavy atom. The van der Waals surface area contributed by atoms with Crippen molar-refractivity contribution < 1.29 is 23.9 Å². The first-order valence-electron chi connectivity index (χ1n) is 8.07. The lowest BCUT2D eigenvalue weighted by atomic mass is 10.1. The van der Waals surface area contributed by atoms with Gasteiger partial charge in [-0.2, -0.15) is 0 Å². The highest BCUT2D eigenvalue weighted by atomic mass is 16.5. The van der Waals surface area contributed by atoms with Gasteiger partial charge < -0.3 is 19.2 Å². The van der Waals surface area contributed by atoms with E-state index in [0.29, 0.717) is 37.0 Å². The third-order valence-corrected chi connectivity index (χ3v) is 3.68. The van der Waals surface area contributed by atoms with Gasteiger partial charge in [-0.3, -0.25) is 9.59 Å². The van der Waals surface area contributed by atoms with E-state index >= 15 is 0 Å². The molecule has 132 valence electrons. The minimum Gasteiger partial charge on any atom is -0.495 e. The maximum absolute atomic E-state index is 12.4. The van der Waals surface area contributed by atoms with Crippen molar-refractivity contribution in [3.05, 3.63) is 24.3 Å². The number of benzene rings is 1. The summed E-state index contributed by atoms with van der Waals surface area (Å²) in [6.45, 7) is 0.00154. The largest absolute Gasteiger partial charge is 0.495 e. The molecule has 1 amide bonds. The number of carbonyl (C=O) groups excluding carboxylic acids is 3. The van der Waals surface area contributed by atoms with Crippen molar-refractivity contribution in [1.82, 2.24) is 0 Å². The third-order valence-electron chi connectivity index (χ3n) is 3.68. The molecule has 0 spiro atoms. The topological polar surface area (TPSA) is 72.9 Å². The number of carbonyl (C=O) groups is 3. The van der Waals surface area contributed by atoms with Crippen molar-refractivity contribution >= 4 is 23.9 Å². The number of ether oxygens (including phenoxy) is 2. The first-order chi connectivity index (χ1) is 11.6. The van der Waals surface area contributed by atoms with Gasteiger partial charge in [0.05, 0.1) is 26.5 Å². The summed E-state index contributed by atoms with van der Waals surface area (Å²) < 4.78 is 9.84. The Labute approximate surface area is 142 Å². The van der Waals surface area contributed by atoms with Gasteiger partial charge in [0.25, 0.3) is 0 Å². The molecule has 0 saturated heterocycles. The van der Waals surface area contributed by atoms with Crippen molar-refractivity contribution in [1.29, 1.82) is 0 Å². The van der Waals surface area contributed by atoms with Crippen molar-refractivity contribution in [3.63, 3.8) is 0 Å². The summed E-state index contributed by atoms with van der Waals surface area (Å²) in [6.07, 6.45) is 4.65. The smallest absolute Gasteiger partial charge is 0.305 e. The SMILES string of the molecule is COC(=O)CCCCCCC(=O)N(CC=O)c1ccccc1OC. The van der Waals surface area contributed by atoms with E-state index in [0.717, 1.165) is 19.3 Å². The molecule has 0 aliphatic heterocycles. The molecule has 0 N–H and O–H groups in total. The van der Waals surface area contributed by atoms with E-state index in [1.165, 1.54) is 19.1 Å². The molecule has 0 saturated carbocycles. The fourth-order valence-corrected chi connectivity index (χ4v) is 2.40. The fourth-order valence-electron chi connectivity index (χ4n) is 2.40. The number of rotatable bonds is 11. The molecule has 0 radical (unpaired) electrons. The number of hydrogen-bond donors (Lipinski definition) is 0. The van der Waals surface area contributed by atoms with Crippen molar-refractivity contribution in [3.8, 4) is 5.75 Å². The molecule has 0 aliphatic rings. The van der Waals surface area contributed by atoms with Crippen molar-refractivity contribution in [2.24, 2.45) is 0 Å². The van der Waals surface area contributed by atoms with Crippen LogP contribution >= 0.6 is 0 Å². The van der Waals surface area contributed by atoms with Gasteiger partial charge in [-0.25, -0.2) is 0 Å². The number of nitrogens with zero attached hydrogens (tertiary/aromatic N) is 1. The van der Waals surface area contributed by atoms with E-state index in [4.69, 9.17) is 4.74 Å². The van der Waals surface area contributed by atoms with Gasteiger partial charge in [-0.15, -0.1) is 0 Å². The quantitative estimate of drug-likeness (QED) is 0.353. The van der Waals surface area contributed by atoms with Gasteiger partial charge >= 0.3 is 5.97 Å². The summed E-state index contributed by atoms with van der Waals surface area (Å²) in [6, 6.07) is 7.13. The van der Waals surface area contributed by atoms with Crippen LogP contribution in [0.1, 0.15) is 38.5 Å². The van der Waals surface area contributed by atoms with E-state index in [9.17, 15) is 14.4 Å². The molecular weight excluding hydrogens is 310 g/mol. The summed E-state index contributed by atoms with van der Waals surface area (Å²) in [5.41, 5.74) is 0.600. The number of amides is 1. The number of methoxy groups -OCH3 is 2. The third kappa shape index (κ3) is 6.40. The van der Waals surface area contributed by atoms with Crippen LogP contribution in [0.3, 0.4) is 0 Å². The van der Waals surface area contributed by atoms with Crippen LogP contribution in [0.25, 0.3) is 0 Å². The monoisotopic (exact) mass is 335 g/mol. The highest BCUT2D eigenvalue weighted by Crippen LogP contribution is 2.28. The van der Waals surface area contributed by atoms with E-state index < -0.39 is 0 Å². The Kier molecular flexibility index (Phi) is 9.19. The van der Waals surface area contributed by atoms with Crippen molar-refractivity contribution in [2.45, 2.75) is 38.5 Å². The highest BCUT2D eigenvalue weighted by molar-refractivity contribution is 5.97. The fraction of sp³-hybridized carbons (Fsp3) is 0.500. The Bertz CT molecular complexity index is 544. The standard InChI is InChI=1S/C18H25NO5/c1-23-16-10-8-7-9-15(16)19(13-14-20)17(21)11-5-3-4-6-12-18(22)24-2/h7-10,14H,3-6,11-13H2,1-2H3. The van der Waals surface area contributed by atoms with Gasteiger partial charge in [0.2, 0.25) is 5.91 Å². The van der Waals surface area contributed by atoms with Crippen LogP contribution in [0.15, 0.2) is 24.3 Å². The lowest BCUT2D eigenvalue weighted by Crippen LogP contribution is -2.32. The van der Waals surface area contributed by atoms with E-state index in [1.807, 2.05) is 6.07 Å². The van der Waals surface area contributed by atoms with Crippen LogP contribution in [-0.4, -0.2) is 38.9 Å². The molecule has 0 aromatic heterocycles. The Balaban J connectivity index is 2.49. The zero-order valence-corrected chi connectivity index (χ0v) is 14.3. The Morgan fingerprint density at radius 2 is 1.71 bits per heavy atom. The highest BCUT2D eigenvalue weighted by Gasteiger charge is 2.18. The molecule has 0 bridgehead atoms. The van der Waals surface area contributed by atoms with Gasteiger partial charge in [0, 0.05) is 12.8 Å². The predicted octanol–water partition coefficient (Wildman–Crippen LogP) is 2.74. The van der Waals surface area contributed by atoms with Gasteiger partial charge in [-0.1, -0.05) is 25.0 Å². The van der Waals surface area contributed by atoms with Gasteiger partial charge in [0.15, 0.2) is 0 Å². The molecule has 0 atom stereocenters. The van der Waals surface area contributed by atoms with Gasteiger partial charge in [0.1, 0.15) is 12.0 Å². The van der Waals surface area contributed by atoms with Crippen LogP contribution in [0.4, 0.5) is 5.69 Å². The second kappa shape index (κ2) is 11.2. The molecule has 6 heteroatoms. The number of esters is 1. The molecule has 1 aromatic carbocycles. The molecule has 1 aromatic rings. The summed E-state index contributed by atoms with van der Waals surface area (Å²) in [7, 11) is 2.91. The van der Waals surface area contributed by atoms with Crippen LogP contribution in [0, 0.1) is 0 Å². The average Bonchev–Trinajstić information content (AvgIpc) is 2.62. The molecule has 6 nitrogen and oxygen atoms in total. The molecule has 0 aliphatic carbocycles. The van der Waals surface area contributed by atoms with Crippen LogP contribution in [0.5, 0.6) is 5.75 Å². The van der Waals surface area contributed by atoms with Gasteiger partial charge in [-0.05, 0) is 25.0 Å². The van der Waals surface area contributed by atoms with Crippen LogP contribution in [0.2, 0.25) is 0 Å². The minimum atomic E-state index is -0.209. The second-order valence-electron chi connectivity index (χ2n) is 5.33. The van der Waals surface area contributed by atoms with E-state index in [-0.39, 0.29) is 18.4 Å². The van der Waals surface area contributed by atoms with E-state index in [2.05, 4.69) is 4.74 Å². The van der Waals surface area contributed by atoms with Crippen molar-refractivity contribution in [2.75, 3.05) is 25.7 Å². The molecular formula is C18H25NO5. The maximum atomic E-state index is 12.4. The Morgan fingerprint density at radius 1 is 1.04 bits per heavy atom. The lowest BCUT2D eigenvalue weighted by molar-refractivity contribution is -0.140. The lowest BCUT2D eigenvalue weighted by Gasteiger charge is -2.22. The second-order valence-corrected chi connectivity index (χ2v) is 5.33. The Hall–Kier alpha value is -2.37. The zero-order chi connectivity index (χ0) is 17.8. The number of para-hydroxylation sites is 2. The molecule has 0 unspecified atom stereocenters. The maximum Gasteiger partial charge on any atom is 0.305 e. The zero-order valence-electron chi connectivity index (χ0n) is 14.3. The summed E-state index contributed by atoms with van der Waals surface area (Å²) >= 11 is 0. The first-order valence-corrected chi connectivity index (χ1v) is 8.07. The number of anilines is 1. The molecule has 24 heavy (non-hydrogen) atoms. The molecule has 0 fully saturated rings. The summed E-state index contributed by atoms with van der Waals surface area (Å²) in [5, 5.41) is 0. The van der Waals surface area contributed by atoms with Crippen LogP contribution < -0.4 is 9.64 Å². The normalized spacial score (nSPS) is 10.1. The summed E-state index contributed by atoms with van der Waals surface area (Å²) in [5.74, 6) is 0.241. The number of aldehydes is 1. The number of unbranched alkanes of at least 4 members (excludes halogenated alkanes) is 3. The first kappa shape index (κ1) is 19.7. The number of hydrogen-bond acceptors (Lipinski definition) is 5. The van der Waals surface area contributed by atoms with Crippen LogP contribution in [-0.2, 0) is 19.1 Å². The summed E-state index contributed by atoms with van der Waals surface area (Å²) in [4.78, 5) is 35.8. The van der Waals surface area contributed by atoms with E-state index in [1.54, 1.807) is 18.2 Å². The predicted molar refractivity (Wildman–Crippen MR) is 91.1 cm³/mol. The molecule has 0 heterocycles. The average molecular weight is 335 g/mol.